The van der Waals surface area contributed by atoms with Gasteiger partial charge in [0.2, 0.25) is 0 Å². The molecule has 0 fully saturated rings. The van der Waals surface area contributed by atoms with Gasteiger partial charge in [-0.05, 0) is 10.8 Å². The molecule has 1 aliphatic carbocycles. The number of hydrogen-bond donors (Lipinski definition) is 0. The van der Waals surface area contributed by atoms with Crippen LogP contribution >= 0.6 is 0 Å². The van der Waals surface area contributed by atoms with Crippen molar-refractivity contribution < 1.29 is 75.4 Å². The molecule has 1 aliphatic rings. The van der Waals surface area contributed by atoms with Crippen molar-refractivity contribution in [2.24, 2.45) is 0 Å². The summed E-state index contributed by atoms with van der Waals surface area (Å²) in [6.45, 7) is 13.6. The van der Waals surface area contributed by atoms with Gasteiger partial charge >= 0.3 is 137 Å². The van der Waals surface area contributed by atoms with Gasteiger partial charge in [-0.15, -0.1) is 46.2 Å². The van der Waals surface area contributed by atoms with E-state index in [2.05, 4.69) is 96.2 Å². The first-order valence-corrected chi connectivity index (χ1v) is 16.8. The summed E-state index contributed by atoms with van der Waals surface area (Å²) in [5.41, 5.74) is 2.11. The predicted molar refractivity (Wildman–Crippen MR) is 182 cm³/mol. The molecule has 0 radical (unpaired) electrons. The quantitative estimate of drug-likeness (QED) is 0.142. The van der Waals surface area contributed by atoms with Gasteiger partial charge in [0.15, 0.2) is 0 Å². The number of hydrogen-bond acceptors (Lipinski definition) is 0. The summed E-state index contributed by atoms with van der Waals surface area (Å²) in [4.78, 5) is 0. The van der Waals surface area contributed by atoms with Crippen LogP contribution in [0.5, 0.6) is 0 Å². The zero-order valence-corrected chi connectivity index (χ0v) is 32.6. The molecule has 0 amide bonds. The van der Waals surface area contributed by atoms with Crippen LogP contribution in [0, 0.1) is 6.08 Å². The third-order valence-electron chi connectivity index (χ3n) is 7.98. The summed E-state index contributed by atoms with van der Waals surface area (Å²) in [7, 11) is 0. The molecular weight excluding hydrogens is 769 g/mol. The van der Waals surface area contributed by atoms with Gasteiger partial charge in [0.1, 0.15) is 0 Å². The average molecular weight is 807 g/mol. The van der Waals surface area contributed by atoms with E-state index in [0.29, 0.717) is 3.21 Å². The third-order valence-corrected chi connectivity index (χ3v) is 9.40. The molecule has 0 aromatic heterocycles. The van der Waals surface area contributed by atoms with E-state index in [0.717, 1.165) is 54.9 Å². The van der Waals surface area contributed by atoms with Crippen molar-refractivity contribution in [2.45, 2.75) is 71.1 Å². The van der Waals surface area contributed by atoms with E-state index in [-0.39, 0.29) is 46.8 Å². The molecule has 6 rings (SSSR count). The molecular formula is C41H38Cl2F6Zr-2. The molecule has 0 saturated carbocycles. The topological polar surface area (TPSA) is 0 Å². The van der Waals surface area contributed by atoms with Crippen molar-refractivity contribution in [3.8, 4) is 0 Å². The van der Waals surface area contributed by atoms with Crippen LogP contribution in [0.15, 0.2) is 109 Å². The van der Waals surface area contributed by atoms with Crippen LogP contribution < -0.4 is 24.8 Å². The average Bonchev–Trinajstić information content (AvgIpc) is 3.71. The maximum absolute atomic E-state index is 12.7. The minimum absolute atomic E-state index is 0. The zero-order valence-electron chi connectivity index (χ0n) is 28.6. The Morgan fingerprint density at radius 3 is 1.32 bits per heavy atom. The van der Waals surface area contributed by atoms with Crippen molar-refractivity contribution >= 4 is 24.8 Å². The summed E-state index contributed by atoms with van der Waals surface area (Å²) < 4.78 is 76.7. The second kappa shape index (κ2) is 17.1. The van der Waals surface area contributed by atoms with Crippen LogP contribution in [-0.4, -0.2) is 3.21 Å². The SMILES string of the molecule is CC(C)(C)c1ccc2c(c1)[cH-]c1cc(C(C)(C)C)ccc12.FC(F)(F)c1cccc([C](=[Zr+2])c2cccc(C(F)(F)F)c2)c1.[C-]1=CC=CC1.[Cl-].[Cl-]. The Hall–Kier alpha value is -2.86. The molecule has 0 N–H and O–H groups in total. The fourth-order valence-corrected chi connectivity index (χ4v) is 5.93. The summed E-state index contributed by atoms with van der Waals surface area (Å²) in [5, 5.41) is 5.48. The summed E-state index contributed by atoms with van der Waals surface area (Å²) in [6, 6.07) is 25.3. The summed E-state index contributed by atoms with van der Waals surface area (Å²) >= 11 is 0.729. The van der Waals surface area contributed by atoms with E-state index in [1.165, 1.54) is 56.9 Å². The molecule has 0 spiro atoms. The van der Waals surface area contributed by atoms with Crippen LogP contribution in [0.1, 0.15) is 81.3 Å². The van der Waals surface area contributed by atoms with Gasteiger partial charge in [0.05, 0.1) is 0 Å². The van der Waals surface area contributed by atoms with Crippen LogP contribution in [0.4, 0.5) is 26.3 Å². The zero-order chi connectivity index (χ0) is 35.5. The van der Waals surface area contributed by atoms with Crippen molar-refractivity contribution in [2.75, 3.05) is 0 Å². The van der Waals surface area contributed by atoms with Gasteiger partial charge in [-0.1, -0.05) is 76.9 Å². The molecule has 264 valence electrons. The van der Waals surface area contributed by atoms with Crippen LogP contribution in [0.25, 0.3) is 21.5 Å². The van der Waals surface area contributed by atoms with Crippen LogP contribution in [0.3, 0.4) is 0 Å². The molecule has 0 heterocycles. The Bertz CT molecular complexity index is 1830. The minimum Gasteiger partial charge on any atom is -1.00 e. The van der Waals surface area contributed by atoms with Gasteiger partial charge < -0.3 is 24.8 Å². The first-order chi connectivity index (χ1) is 22.2. The Morgan fingerprint density at radius 1 is 0.600 bits per heavy atom. The molecule has 5 aromatic rings. The summed E-state index contributed by atoms with van der Waals surface area (Å²) in [6.07, 6.45) is 1.03. The maximum Gasteiger partial charge on any atom is -0.109 e. The van der Waals surface area contributed by atoms with E-state index in [1.54, 1.807) is 0 Å². The second-order valence-corrected chi connectivity index (χ2v) is 15.0. The summed E-state index contributed by atoms with van der Waals surface area (Å²) in [5.74, 6) is 0. The van der Waals surface area contributed by atoms with E-state index >= 15 is 0 Å². The normalized spacial score (nSPS) is 12.8. The standard InChI is InChI=1S/C21H25.C15H8F6.C5H5.2ClH.Zr/c1-20(2,3)16-7-9-18-14(12-16)11-15-13-17(21(4,5)6)8-10-19(15)18;16-14(17,18)12-5-1-3-10(8-12)7-11-4-2-6-13(9-11)15(19,20)21;1-2-4-5-3-1;;;/h7-13H,1-6H3;1-6,8-9H;1-3H,4H2;2*1H;/q-1;;-1;;;+2/p-2. The predicted octanol–water partition coefficient (Wildman–Crippen LogP) is 6.46. The number of benzene rings is 4. The maximum atomic E-state index is 12.7. The first kappa shape index (κ1) is 43.3. The Kier molecular flexibility index (Phi) is 14.8. The molecule has 0 unspecified atom stereocenters. The van der Waals surface area contributed by atoms with Crippen molar-refractivity contribution in [1.29, 1.82) is 0 Å². The van der Waals surface area contributed by atoms with Gasteiger partial charge in [-0.3, -0.25) is 6.08 Å². The van der Waals surface area contributed by atoms with E-state index in [1.807, 2.05) is 12.2 Å². The van der Waals surface area contributed by atoms with Gasteiger partial charge in [-0.2, -0.15) is 6.08 Å². The Morgan fingerprint density at radius 2 is 1.02 bits per heavy atom. The molecule has 50 heavy (non-hydrogen) atoms. The molecule has 0 atom stereocenters. The van der Waals surface area contributed by atoms with Crippen molar-refractivity contribution in [3.05, 3.63) is 149 Å². The van der Waals surface area contributed by atoms with E-state index in [9.17, 15) is 26.3 Å². The van der Waals surface area contributed by atoms with Crippen molar-refractivity contribution in [1.82, 2.24) is 0 Å². The fourth-order valence-electron chi connectivity index (χ4n) is 5.16. The van der Waals surface area contributed by atoms with Gasteiger partial charge in [-0.25, -0.2) is 12.2 Å². The molecule has 0 nitrogen and oxygen atoms in total. The minimum atomic E-state index is -4.49. The molecule has 0 aliphatic heterocycles. The third kappa shape index (κ3) is 11.3. The smallest absolute Gasteiger partial charge is 0.109 e. The van der Waals surface area contributed by atoms with Crippen molar-refractivity contribution in [3.63, 3.8) is 0 Å². The molecule has 9 heteroatoms. The van der Waals surface area contributed by atoms with Crippen LogP contribution in [-0.2, 0) is 47.4 Å². The molecule has 0 saturated heterocycles. The monoisotopic (exact) mass is 804 g/mol. The number of allylic oxidation sites excluding steroid dienone is 4. The molecule has 0 bridgehead atoms. The van der Waals surface area contributed by atoms with Gasteiger partial charge in [0, 0.05) is 0 Å². The fraction of sp³-hybridized carbons (Fsp3) is 0.268. The van der Waals surface area contributed by atoms with Crippen LogP contribution in [0.2, 0.25) is 0 Å². The second-order valence-electron chi connectivity index (χ2n) is 13.8. The largest absolute Gasteiger partial charge is 1.00 e. The number of halogens is 8. The Labute approximate surface area is 318 Å². The van der Waals surface area contributed by atoms with E-state index in [4.69, 9.17) is 0 Å². The van der Waals surface area contributed by atoms with Gasteiger partial charge in [0.25, 0.3) is 0 Å². The first-order valence-electron chi connectivity index (χ1n) is 15.5. The number of alkyl halides is 6. The number of fused-ring (bicyclic) bond motifs is 3. The number of rotatable bonds is 2. The Balaban J connectivity index is 0.000000293. The van der Waals surface area contributed by atoms with E-state index < -0.39 is 23.5 Å². The molecule has 5 aromatic carbocycles.